The molecule has 152 valence electrons. The Kier molecular flexibility index (Phi) is 5.87. The van der Waals surface area contributed by atoms with E-state index < -0.39 is 30.1 Å². The van der Waals surface area contributed by atoms with Crippen LogP contribution in [0.3, 0.4) is 0 Å². The topological polar surface area (TPSA) is 95.9 Å². The maximum atomic E-state index is 12.3. The third kappa shape index (κ3) is 4.08. The minimum Gasteiger partial charge on any atom is -0.480 e. The van der Waals surface area contributed by atoms with Crippen molar-refractivity contribution in [2.45, 2.75) is 31.8 Å². The number of carboxylic acids is 1. The molecule has 3 rings (SSSR count). The third-order valence-electron chi connectivity index (χ3n) is 5.33. The Labute approximate surface area is 169 Å². The molecule has 0 fully saturated rings. The highest BCUT2D eigenvalue weighted by atomic mass is 16.5. The van der Waals surface area contributed by atoms with Crippen LogP contribution < -0.4 is 5.32 Å². The van der Waals surface area contributed by atoms with Gasteiger partial charge in [0.25, 0.3) is 0 Å². The lowest BCUT2D eigenvalue weighted by Gasteiger charge is -2.25. The van der Waals surface area contributed by atoms with E-state index in [0.717, 1.165) is 27.2 Å². The van der Waals surface area contributed by atoms with Crippen molar-refractivity contribution in [1.29, 1.82) is 0 Å². The minimum absolute atomic E-state index is 0.0751. The molecule has 2 aromatic rings. The summed E-state index contributed by atoms with van der Waals surface area (Å²) in [5.41, 5.74) is 4.45. The Balaban J connectivity index is 1.63. The highest BCUT2D eigenvalue weighted by Gasteiger charge is 2.30. The molecule has 2 amide bonds. The first-order valence-electron chi connectivity index (χ1n) is 9.42. The molecule has 0 saturated carbocycles. The molecule has 1 aliphatic rings. The molecule has 0 radical (unpaired) electrons. The number of carbonyl (C=O) groups is 3. The summed E-state index contributed by atoms with van der Waals surface area (Å²) in [6.45, 7) is 3.04. The van der Waals surface area contributed by atoms with Crippen LogP contribution in [0.2, 0.25) is 0 Å². The van der Waals surface area contributed by atoms with Gasteiger partial charge >= 0.3 is 12.1 Å². The van der Waals surface area contributed by atoms with E-state index in [-0.39, 0.29) is 12.5 Å². The van der Waals surface area contributed by atoms with Gasteiger partial charge in [0.15, 0.2) is 0 Å². The Morgan fingerprint density at radius 2 is 1.55 bits per heavy atom. The van der Waals surface area contributed by atoms with E-state index >= 15 is 0 Å². The smallest absolute Gasteiger partial charge is 0.407 e. The van der Waals surface area contributed by atoms with Crippen LogP contribution in [0.1, 0.15) is 30.9 Å². The van der Waals surface area contributed by atoms with Crippen LogP contribution in [0, 0.1) is 0 Å². The number of nitrogens with one attached hydrogen (secondary N) is 1. The molecule has 0 aliphatic heterocycles. The summed E-state index contributed by atoms with van der Waals surface area (Å²) in [6.07, 6.45) is -0.718. The van der Waals surface area contributed by atoms with E-state index in [9.17, 15) is 14.4 Å². The molecule has 2 aromatic carbocycles. The van der Waals surface area contributed by atoms with Gasteiger partial charge in [-0.05, 0) is 36.1 Å². The molecule has 29 heavy (non-hydrogen) atoms. The van der Waals surface area contributed by atoms with Gasteiger partial charge in [-0.2, -0.15) is 0 Å². The maximum absolute atomic E-state index is 12.3. The van der Waals surface area contributed by atoms with Gasteiger partial charge in [0.05, 0.1) is 0 Å². The number of aliphatic carboxylic acids is 1. The van der Waals surface area contributed by atoms with Crippen LogP contribution in [0.5, 0.6) is 0 Å². The Morgan fingerprint density at radius 3 is 2.07 bits per heavy atom. The van der Waals surface area contributed by atoms with Crippen molar-refractivity contribution in [3.63, 3.8) is 0 Å². The van der Waals surface area contributed by atoms with Gasteiger partial charge in [-0.25, -0.2) is 9.59 Å². The summed E-state index contributed by atoms with van der Waals surface area (Å²) in [4.78, 5) is 36.7. The second-order valence-corrected chi connectivity index (χ2v) is 7.15. The summed E-state index contributed by atoms with van der Waals surface area (Å²) in [7, 11) is 1.39. The fourth-order valence-electron chi connectivity index (χ4n) is 3.54. The van der Waals surface area contributed by atoms with Crippen molar-refractivity contribution in [2.75, 3.05) is 13.7 Å². The van der Waals surface area contributed by atoms with Gasteiger partial charge in [0.1, 0.15) is 18.7 Å². The lowest BCUT2D eigenvalue weighted by atomic mass is 9.98. The predicted octanol–water partition coefficient (Wildman–Crippen LogP) is 2.85. The van der Waals surface area contributed by atoms with Gasteiger partial charge in [0.2, 0.25) is 5.91 Å². The molecule has 7 heteroatoms. The molecule has 7 nitrogen and oxygen atoms in total. The Bertz CT molecular complexity index is 897. The lowest BCUT2D eigenvalue weighted by Crippen LogP contribution is -2.50. The van der Waals surface area contributed by atoms with Gasteiger partial charge < -0.3 is 20.1 Å². The van der Waals surface area contributed by atoms with Crippen LogP contribution >= 0.6 is 0 Å². The summed E-state index contributed by atoms with van der Waals surface area (Å²) in [5.74, 6) is -1.70. The van der Waals surface area contributed by atoms with Crippen molar-refractivity contribution < 1.29 is 24.2 Å². The summed E-state index contributed by atoms with van der Waals surface area (Å²) in [5, 5.41) is 11.5. The van der Waals surface area contributed by atoms with Crippen LogP contribution in [0.4, 0.5) is 4.79 Å². The van der Waals surface area contributed by atoms with Crippen molar-refractivity contribution in [1.82, 2.24) is 10.2 Å². The quantitative estimate of drug-likeness (QED) is 0.783. The predicted molar refractivity (Wildman–Crippen MR) is 108 cm³/mol. The molecule has 2 atom stereocenters. The number of nitrogens with zero attached hydrogens (tertiary/aromatic N) is 1. The number of rotatable bonds is 6. The fraction of sp³-hybridized carbons (Fsp3) is 0.318. The van der Waals surface area contributed by atoms with E-state index in [0.29, 0.717) is 0 Å². The number of fused-ring (bicyclic) bond motifs is 3. The number of likely N-dealkylation sites (N-methyl/N-ethyl adjacent to an activating group) is 1. The normalized spacial score (nSPS) is 14.3. The minimum atomic E-state index is -1.12. The first kappa shape index (κ1) is 20.4. The highest BCUT2D eigenvalue weighted by Crippen LogP contribution is 2.44. The van der Waals surface area contributed by atoms with E-state index in [1.54, 1.807) is 0 Å². The molecule has 0 bridgehead atoms. The fourth-order valence-corrected chi connectivity index (χ4v) is 3.54. The average molecular weight is 396 g/mol. The number of hydrogen-bond donors (Lipinski definition) is 2. The molecule has 0 heterocycles. The Morgan fingerprint density at radius 1 is 1.03 bits per heavy atom. The second kappa shape index (κ2) is 8.34. The van der Waals surface area contributed by atoms with Gasteiger partial charge in [-0.15, -0.1) is 0 Å². The summed E-state index contributed by atoms with van der Waals surface area (Å²) < 4.78 is 5.41. The molecular weight excluding hydrogens is 372 g/mol. The molecule has 1 unspecified atom stereocenters. The number of hydrogen-bond acceptors (Lipinski definition) is 4. The standard InChI is InChI=1S/C22H24N2O5/c1-13(20(25)24(3)14(2)21(26)27)23-22(28)29-12-19-17-10-6-4-8-15(17)16-9-5-7-11-18(16)19/h4-11,13-14,19H,12H2,1-3H3,(H,23,28)(H,26,27)/t13-,14?/m0/s1. The van der Waals surface area contributed by atoms with Crippen molar-refractivity contribution in [3.05, 3.63) is 59.7 Å². The first-order chi connectivity index (χ1) is 13.8. The third-order valence-corrected chi connectivity index (χ3v) is 5.33. The Hall–Kier alpha value is -3.35. The maximum Gasteiger partial charge on any atom is 0.407 e. The number of benzene rings is 2. The monoisotopic (exact) mass is 396 g/mol. The summed E-state index contributed by atoms with van der Waals surface area (Å²) >= 11 is 0. The SMILES string of the molecule is CC(C(=O)O)N(C)C(=O)[C@H](C)NC(=O)OCC1c2ccccc2-c2ccccc21. The molecular formula is C22H24N2O5. The highest BCUT2D eigenvalue weighted by molar-refractivity contribution is 5.88. The number of amides is 2. The zero-order valence-electron chi connectivity index (χ0n) is 16.6. The number of ether oxygens (including phenoxy) is 1. The van der Waals surface area contributed by atoms with Crippen molar-refractivity contribution in [2.24, 2.45) is 0 Å². The van der Waals surface area contributed by atoms with Crippen molar-refractivity contribution in [3.8, 4) is 11.1 Å². The zero-order chi connectivity index (χ0) is 21.1. The number of alkyl carbamates (subject to hydrolysis) is 1. The zero-order valence-corrected chi connectivity index (χ0v) is 16.6. The van der Waals surface area contributed by atoms with Crippen molar-refractivity contribution >= 4 is 18.0 Å². The van der Waals surface area contributed by atoms with Gasteiger partial charge in [-0.1, -0.05) is 48.5 Å². The molecule has 0 saturated heterocycles. The van der Waals surface area contributed by atoms with Crippen LogP contribution in [0.25, 0.3) is 11.1 Å². The van der Waals surface area contributed by atoms with E-state index in [4.69, 9.17) is 9.84 Å². The molecule has 0 aromatic heterocycles. The van der Waals surface area contributed by atoms with E-state index in [2.05, 4.69) is 17.4 Å². The molecule has 1 aliphatic carbocycles. The molecule has 2 N–H and O–H groups in total. The number of carbonyl (C=O) groups excluding carboxylic acids is 2. The van der Waals surface area contributed by atoms with Crippen LogP contribution in [-0.4, -0.2) is 53.7 Å². The van der Waals surface area contributed by atoms with Gasteiger partial charge in [0, 0.05) is 13.0 Å². The molecule has 0 spiro atoms. The van der Waals surface area contributed by atoms with E-state index in [1.165, 1.54) is 20.9 Å². The first-order valence-corrected chi connectivity index (χ1v) is 9.42. The van der Waals surface area contributed by atoms with Crippen LogP contribution in [-0.2, 0) is 14.3 Å². The largest absolute Gasteiger partial charge is 0.480 e. The van der Waals surface area contributed by atoms with E-state index in [1.807, 2.05) is 36.4 Å². The average Bonchev–Trinajstić information content (AvgIpc) is 3.04. The lowest BCUT2D eigenvalue weighted by molar-refractivity contribution is -0.148. The summed E-state index contributed by atoms with van der Waals surface area (Å²) in [6, 6.07) is 14.1. The number of carboxylic acid groups (broad SMARTS) is 1. The van der Waals surface area contributed by atoms with Gasteiger partial charge in [-0.3, -0.25) is 4.79 Å². The van der Waals surface area contributed by atoms with Crippen LogP contribution in [0.15, 0.2) is 48.5 Å². The second-order valence-electron chi connectivity index (χ2n) is 7.15.